The van der Waals surface area contributed by atoms with Crippen LogP contribution in [0.3, 0.4) is 0 Å². The molecule has 0 unspecified atom stereocenters. The molecule has 0 bridgehead atoms. The van der Waals surface area contributed by atoms with Crippen LogP contribution in [0.15, 0.2) is 12.2 Å². The Morgan fingerprint density at radius 2 is 2.11 bits per heavy atom. The SMILES string of the molecule is C=C1CC[C@@H](C(C)C)C[C@@]12CCC[C@]2(C)OC(C)=O. The Morgan fingerprint density at radius 3 is 2.68 bits per heavy atom. The molecule has 1 spiro atoms. The summed E-state index contributed by atoms with van der Waals surface area (Å²) in [5.41, 5.74) is 1.03. The van der Waals surface area contributed by atoms with E-state index in [1.54, 1.807) is 0 Å². The topological polar surface area (TPSA) is 26.3 Å². The summed E-state index contributed by atoms with van der Waals surface area (Å²) < 4.78 is 5.79. The second-order valence-electron chi connectivity index (χ2n) is 7.11. The van der Waals surface area contributed by atoms with Crippen LogP contribution in [0.4, 0.5) is 0 Å². The molecule has 2 rings (SSSR count). The van der Waals surface area contributed by atoms with E-state index >= 15 is 0 Å². The summed E-state index contributed by atoms with van der Waals surface area (Å²) in [7, 11) is 0. The van der Waals surface area contributed by atoms with Crippen LogP contribution in [0.2, 0.25) is 0 Å². The van der Waals surface area contributed by atoms with Gasteiger partial charge in [-0.05, 0) is 57.3 Å². The van der Waals surface area contributed by atoms with E-state index in [0.29, 0.717) is 5.92 Å². The van der Waals surface area contributed by atoms with Crippen LogP contribution in [-0.2, 0) is 9.53 Å². The fourth-order valence-corrected chi connectivity index (χ4v) is 4.43. The predicted octanol–water partition coefficient (Wildman–Crippen LogP) is 4.49. The largest absolute Gasteiger partial charge is 0.459 e. The van der Waals surface area contributed by atoms with Crippen LogP contribution in [0.5, 0.6) is 0 Å². The zero-order valence-corrected chi connectivity index (χ0v) is 12.9. The number of esters is 1. The second kappa shape index (κ2) is 4.96. The Morgan fingerprint density at radius 1 is 1.42 bits per heavy atom. The maximum atomic E-state index is 11.5. The maximum absolute atomic E-state index is 11.5. The fourth-order valence-electron chi connectivity index (χ4n) is 4.43. The molecule has 2 aliphatic rings. The molecule has 3 atom stereocenters. The van der Waals surface area contributed by atoms with Crippen molar-refractivity contribution < 1.29 is 9.53 Å². The molecular formula is C17H28O2. The van der Waals surface area contributed by atoms with Gasteiger partial charge in [-0.3, -0.25) is 4.79 Å². The second-order valence-corrected chi connectivity index (χ2v) is 7.11. The molecule has 0 aromatic rings. The van der Waals surface area contributed by atoms with Gasteiger partial charge >= 0.3 is 5.97 Å². The zero-order chi connectivity index (χ0) is 14.3. The van der Waals surface area contributed by atoms with Crippen molar-refractivity contribution in [1.29, 1.82) is 0 Å². The van der Waals surface area contributed by atoms with Crippen molar-refractivity contribution in [1.82, 2.24) is 0 Å². The van der Waals surface area contributed by atoms with Crippen molar-refractivity contribution in [3.8, 4) is 0 Å². The Bertz CT molecular complexity index is 385. The first-order valence-corrected chi connectivity index (χ1v) is 7.68. The van der Waals surface area contributed by atoms with Crippen LogP contribution in [-0.4, -0.2) is 11.6 Å². The number of hydrogen-bond acceptors (Lipinski definition) is 2. The van der Waals surface area contributed by atoms with Crippen molar-refractivity contribution in [2.75, 3.05) is 0 Å². The lowest BCUT2D eigenvalue weighted by Crippen LogP contribution is -2.49. The van der Waals surface area contributed by atoms with E-state index in [-0.39, 0.29) is 17.0 Å². The molecule has 2 aliphatic carbocycles. The normalized spacial score (nSPS) is 39.0. The summed E-state index contributed by atoms with van der Waals surface area (Å²) in [5, 5.41) is 0. The smallest absolute Gasteiger partial charge is 0.303 e. The van der Waals surface area contributed by atoms with Gasteiger partial charge in [0.2, 0.25) is 0 Å². The fraction of sp³-hybridized carbons (Fsp3) is 0.824. The van der Waals surface area contributed by atoms with Gasteiger partial charge < -0.3 is 4.74 Å². The van der Waals surface area contributed by atoms with Crippen LogP contribution in [0.25, 0.3) is 0 Å². The highest BCUT2D eigenvalue weighted by Crippen LogP contribution is 2.60. The van der Waals surface area contributed by atoms with E-state index in [4.69, 9.17) is 4.74 Å². The molecule has 0 amide bonds. The molecule has 2 nitrogen and oxygen atoms in total. The summed E-state index contributed by atoms with van der Waals surface area (Å²) in [5.74, 6) is 1.29. The highest BCUT2D eigenvalue weighted by molar-refractivity contribution is 5.66. The van der Waals surface area contributed by atoms with Gasteiger partial charge in [-0.1, -0.05) is 26.0 Å². The minimum atomic E-state index is -0.330. The number of rotatable bonds is 2. The van der Waals surface area contributed by atoms with Crippen molar-refractivity contribution in [2.45, 2.75) is 71.8 Å². The molecule has 19 heavy (non-hydrogen) atoms. The average molecular weight is 264 g/mol. The number of carbonyl (C=O) groups is 1. The Balaban J connectivity index is 2.31. The molecule has 2 saturated carbocycles. The molecule has 0 aromatic carbocycles. The van der Waals surface area contributed by atoms with Crippen molar-refractivity contribution >= 4 is 5.97 Å². The molecule has 2 fully saturated rings. The van der Waals surface area contributed by atoms with Gasteiger partial charge in [0.15, 0.2) is 0 Å². The number of ether oxygens (including phenoxy) is 1. The first-order chi connectivity index (χ1) is 8.81. The van der Waals surface area contributed by atoms with E-state index in [9.17, 15) is 4.79 Å². The minimum Gasteiger partial charge on any atom is -0.459 e. The minimum absolute atomic E-state index is 0.0336. The summed E-state index contributed by atoms with van der Waals surface area (Å²) in [4.78, 5) is 11.5. The molecule has 0 N–H and O–H groups in total. The molecule has 0 aliphatic heterocycles. The number of carbonyl (C=O) groups excluding carboxylic acids is 1. The standard InChI is InChI=1S/C17H28O2/c1-12(2)15-8-7-13(3)17(11-15)10-6-9-16(17,5)19-14(4)18/h12,15H,3,6-11H2,1-2,4-5H3/t15-,16+,17+/m1/s1. The molecular weight excluding hydrogens is 236 g/mol. The van der Waals surface area contributed by atoms with Crippen LogP contribution >= 0.6 is 0 Å². The monoisotopic (exact) mass is 264 g/mol. The Hall–Kier alpha value is -0.790. The van der Waals surface area contributed by atoms with Crippen LogP contribution in [0, 0.1) is 17.3 Å². The lowest BCUT2D eigenvalue weighted by atomic mass is 9.58. The average Bonchev–Trinajstić information content (AvgIpc) is 2.59. The highest BCUT2D eigenvalue weighted by Gasteiger charge is 2.57. The Labute approximate surface area is 117 Å². The molecule has 108 valence electrons. The van der Waals surface area contributed by atoms with E-state index in [0.717, 1.165) is 38.0 Å². The van der Waals surface area contributed by atoms with Crippen molar-refractivity contribution in [2.24, 2.45) is 17.3 Å². The molecule has 0 saturated heterocycles. The summed E-state index contributed by atoms with van der Waals surface area (Å²) in [6.45, 7) is 12.6. The first-order valence-electron chi connectivity index (χ1n) is 7.68. The lowest BCUT2D eigenvalue weighted by Gasteiger charge is -2.50. The summed E-state index contributed by atoms with van der Waals surface area (Å²) in [6, 6.07) is 0. The number of hydrogen-bond donors (Lipinski definition) is 0. The maximum Gasteiger partial charge on any atom is 0.303 e. The summed E-state index contributed by atoms with van der Waals surface area (Å²) >= 11 is 0. The van der Waals surface area contributed by atoms with E-state index in [2.05, 4.69) is 27.4 Å². The van der Waals surface area contributed by atoms with Crippen LogP contribution in [0.1, 0.15) is 66.2 Å². The molecule has 2 heteroatoms. The quantitative estimate of drug-likeness (QED) is 0.542. The van der Waals surface area contributed by atoms with Gasteiger partial charge in [-0.15, -0.1) is 0 Å². The summed E-state index contributed by atoms with van der Waals surface area (Å²) in [6.07, 6.45) is 6.75. The van der Waals surface area contributed by atoms with Gasteiger partial charge in [0.05, 0.1) is 0 Å². The third-order valence-corrected chi connectivity index (χ3v) is 5.69. The van der Waals surface area contributed by atoms with E-state index in [1.807, 2.05) is 0 Å². The highest BCUT2D eigenvalue weighted by atomic mass is 16.6. The first kappa shape index (κ1) is 14.6. The Kier molecular flexibility index (Phi) is 3.81. The van der Waals surface area contributed by atoms with Gasteiger partial charge in [-0.2, -0.15) is 0 Å². The van der Waals surface area contributed by atoms with E-state index < -0.39 is 0 Å². The van der Waals surface area contributed by atoms with Gasteiger partial charge in [0.1, 0.15) is 5.60 Å². The third kappa shape index (κ3) is 2.34. The van der Waals surface area contributed by atoms with Gasteiger partial charge in [-0.25, -0.2) is 0 Å². The van der Waals surface area contributed by atoms with Gasteiger partial charge in [0, 0.05) is 12.3 Å². The van der Waals surface area contributed by atoms with E-state index in [1.165, 1.54) is 18.9 Å². The zero-order valence-electron chi connectivity index (χ0n) is 12.9. The predicted molar refractivity (Wildman–Crippen MR) is 77.8 cm³/mol. The molecule has 0 aromatic heterocycles. The molecule has 0 radical (unpaired) electrons. The van der Waals surface area contributed by atoms with Crippen molar-refractivity contribution in [3.05, 3.63) is 12.2 Å². The van der Waals surface area contributed by atoms with Gasteiger partial charge in [0.25, 0.3) is 0 Å². The third-order valence-electron chi connectivity index (χ3n) is 5.69. The lowest BCUT2D eigenvalue weighted by molar-refractivity contribution is -0.167. The van der Waals surface area contributed by atoms with Crippen molar-refractivity contribution in [3.63, 3.8) is 0 Å². The van der Waals surface area contributed by atoms with Crippen LogP contribution < -0.4 is 0 Å². The molecule has 0 heterocycles.